The van der Waals surface area contributed by atoms with Gasteiger partial charge in [0.2, 0.25) is 0 Å². The zero-order valence-corrected chi connectivity index (χ0v) is 14.4. The first-order valence-electron chi connectivity index (χ1n) is 8.32. The topological polar surface area (TPSA) is 76.7 Å². The highest BCUT2D eigenvalue weighted by atomic mass is 19.4. The lowest BCUT2D eigenvalue weighted by atomic mass is 10.1. The van der Waals surface area contributed by atoms with Gasteiger partial charge >= 0.3 is 6.18 Å². The highest BCUT2D eigenvalue weighted by Gasteiger charge is 2.30. The lowest BCUT2D eigenvalue weighted by Gasteiger charge is -2.10. The highest BCUT2D eigenvalue weighted by molar-refractivity contribution is 5.92. The normalized spacial score (nSPS) is 11.5. The van der Waals surface area contributed by atoms with Crippen molar-refractivity contribution < 1.29 is 13.2 Å². The van der Waals surface area contributed by atoms with Crippen molar-refractivity contribution in [3.05, 3.63) is 72.6 Å². The quantitative estimate of drug-likeness (QED) is 0.520. The van der Waals surface area contributed by atoms with Crippen molar-refractivity contribution in [3.63, 3.8) is 0 Å². The van der Waals surface area contributed by atoms with E-state index in [0.29, 0.717) is 34.1 Å². The van der Waals surface area contributed by atoms with Crippen molar-refractivity contribution in [2.24, 2.45) is 0 Å². The van der Waals surface area contributed by atoms with Gasteiger partial charge in [-0.05, 0) is 30.3 Å². The van der Waals surface area contributed by atoms with Gasteiger partial charge in [0, 0.05) is 17.0 Å². The Bertz CT molecular complexity index is 1140. The first kappa shape index (κ1) is 17.7. The Balaban J connectivity index is 1.66. The predicted octanol–water partition coefficient (Wildman–Crippen LogP) is 5.04. The Hall–Kier alpha value is -3.68. The smallest absolute Gasteiger partial charge is 0.384 e. The molecule has 4 aromatic rings. The fourth-order valence-electron chi connectivity index (χ4n) is 2.81. The zero-order valence-electron chi connectivity index (χ0n) is 14.4. The second kappa shape index (κ2) is 6.80. The SMILES string of the molecule is Nc1ccc2cccc(Nc3cc(-c4ccc(C(F)(F)F)cc4)ncn3)c2n1. The monoisotopic (exact) mass is 381 g/mol. The molecular formula is C20H14F3N5. The van der Waals surface area contributed by atoms with Gasteiger partial charge in [0.25, 0.3) is 0 Å². The van der Waals surface area contributed by atoms with Gasteiger partial charge in [0.1, 0.15) is 18.0 Å². The molecule has 0 saturated heterocycles. The van der Waals surface area contributed by atoms with Gasteiger partial charge in [-0.3, -0.25) is 0 Å². The van der Waals surface area contributed by atoms with Crippen molar-refractivity contribution in [3.8, 4) is 11.3 Å². The summed E-state index contributed by atoms with van der Waals surface area (Å²) in [5, 5.41) is 4.08. The third-order valence-corrected chi connectivity index (χ3v) is 4.18. The number of hydrogen-bond acceptors (Lipinski definition) is 5. The van der Waals surface area contributed by atoms with E-state index >= 15 is 0 Å². The molecule has 2 aromatic heterocycles. The molecule has 8 heteroatoms. The third kappa shape index (κ3) is 3.57. The summed E-state index contributed by atoms with van der Waals surface area (Å²) in [6.45, 7) is 0. The van der Waals surface area contributed by atoms with Gasteiger partial charge in [0.15, 0.2) is 0 Å². The molecule has 0 aliphatic heterocycles. The molecule has 3 N–H and O–H groups in total. The van der Waals surface area contributed by atoms with Crippen LogP contribution in [0.3, 0.4) is 0 Å². The molecule has 140 valence electrons. The number of pyridine rings is 1. The largest absolute Gasteiger partial charge is 0.416 e. The van der Waals surface area contributed by atoms with Gasteiger partial charge in [-0.2, -0.15) is 13.2 Å². The van der Waals surface area contributed by atoms with E-state index in [-0.39, 0.29) is 0 Å². The molecule has 0 radical (unpaired) electrons. The van der Waals surface area contributed by atoms with E-state index in [2.05, 4.69) is 20.3 Å². The number of para-hydroxylation sites is 1. The Labute approximate surface area is 158 Å². The summed E-state index contributed by atoms with van der Waals surface area (Å²) < 4.78 is 38.2. The van der Waals surface area contributed by atoms with Crippen LogP contribution in [0, 0.1) is 0 Å². The second-order valence-corrected chi connectivity index (χ2v) is 6.10. The molecule has 0 bridgehead atoms. The summed E-state index contributed by atoms with van der Waals surface area (Å²) in [6.07, 6.45) is -3.03. The molecule has 2 heterocycles. The summed E-state index contributed by atoms with van der Waals surface area (Å²) >= 11 is 0. The number of anilines is 3. The molecule has 28 heavy (non-hydrogen) atoms. The number of fused-ring (bicyclic) bond motifs is 1. The molecule has 4 rings (SSSR count). The summed E-state index contributed by atoms with van der Waals surface area (Å²) in [5.41, 5.74) is 7.53. The molecule has 0 amide bonds. The van der Waals surface area contributed by atoms with Crippen LogP contribution < -0.4 is 11.1 Å². The fourth-order valence-corrected chi connectivity index (χ4v) is 2.81. The van der Waals surface area contributed by atoms with Crippen LogP contribution in [-0.2, 0) is 6.18 Å². The van der Waals surface area contributed by atoms with Crippen LogP contribution in [0.1, 0.15) is 5.56 Å². The van der Waals surface area contributed by atoms with Crippen molar-refractivity contribution >= 4 is 28.2 Å². The van der Waals surface area contributed by atoms with Crippen LogP contribution >= 0.6 is 0 Å². The maximum absolute atomic E-state index is 12.7. The summed E-state index contributed by atoms with van der Waals surface area (Å²) in [5.74, 6) is 0.886. The van der Waals surface area contributed by atoms with Crippen LogP contribution in [-0.4, -0.2) is 15.0 Å². The molecule has 0 aliphatic carbocycles. The minimum Gasteiger partial charge on any atom is -0.384 e. The Kier molecular flexibility index (Phi) is 4.31. The first-order valence-corrected chi connectivity index (χ1v) is 8.32. The molecular weight excluding hydrogens is 367 g/mol. The number of rotatable bonds is 3. The van der Waals surface area contributed by atoms with Gasteiger partial charge in [0.05, 0.1) is 22.5 Å². The Morgan fingerprint density at radius 2 is 1.68 bits per heavy atom. The van der Waals surface area contributed by atoms with Crippen molar-refractivity contribution in [1.82, 2.24) is 15.0 Å². The van der Waals surface area contributed by atoms with E-state index in [9.17, 15) is 13.2 Å². The van der Waals surface area contributed by atoms with Crippen LogP contribution in [0.2, 0.25) is 0 Å². The average Bonchev–Trinajstić information content (AvgIpc) is 2.68. The number of halogens is 3. The number of alkyl halides is 3. The summed E-state index contributed by atoms with van der Waals surface area (Å²) in [4.78, 5) is 12.7. The van der Waals surface area contributed by atoms with Crippen molar-refractivity contribution in [2.75, 3.05) is 11.1 Å². The Morgan fingerprint density at radius 1 is 0.893 bits per heavy atom. The maximum Gasteiger partial charge on any atom is 0.416 e. The highest BCUT2D eigenvalue weighted by Crippen LogP contribution is 2.31. The van der Waals surface area contributed by atoms with Gasteiger partial charge in [-0.1, -0.05) is 24.3 Å². The lowest BCUT2D eigenvalue weighted by molar-refractivity contribution is -0.137. The number of nitrogens with zero attached hydrogens (tertiary/aromatic N) is 3. The van der Waals surface area contributed by atoms with Crippen LogP contribution in [0.25, 0.3) is 22.2 Å². The minimum absolute atomic E-state index is 0.398. The van der Waals surface area contributed by atoms with E-state index in [1.54, 1.807) is 12.1 Å². The molecule has 5 nitrogen and oxygen atoms in total. The minimum atomic E-state index is -4.37. The lowest BCUT2D eigenvalue weighted by Crippen LogP contribution is -2.04. The van der Waals surface area contributed by atoms with E-state index in [0.717, 1.165) is 17.5 Å². The number of hydrogen-bond donors (Lipinski definition) is 2. The number of aromatic nitrogens is 3. The molecule has 0 fully saturated rings. The third-order valence-electron chi connectivity index (χ3n) is 4.18. The van der Waals surface area contributed by atoms with E-state index < -0.39 is 11.7 Å². The molecule has 2 aromatic carbocycles. The number of nitrogen functional groups attached to an aromatic ring is 1. The molecule has 0 aliphatic rings. The number of benzene rings is 2. The summed E-state index contributed by atoms with van der Waals surface area (Å²) in [6, 6.07) is 15.7. The van der Waals surface area contributed by atoms with E-state index in [4.69, 9.17) is 5.73 Å². The maximum atomic E-state index is 12.7. The predicted molar refractivity (Wildman–Crippen MR) is 102 cm³/mol. The first-order chi connectivity index (χ1) is 13.4. The number of nitrogens with two attached hydrogens (primary N) is 1. The standard InChI is InChI=1S/C20H14F3N5/c21-20(22,23)14-7-4-12(5-8-14)16-10-18(26-11-25-16)27-15-3-1-2-13-6-9-17(24)28-19(13)15/h1-11H,(H2,24,28)(H,25,26,27). The van der Waals surface area contributed by atoms with Gasteiger partial charge in [-0.15, -0.1) is 0 Å². The van der Waals surface area contributed by atoms with E-state index in [1.165, 1.54) is 18.5 Å². The second-order valence-electron chi connectivity index (χ2n) is 6.10. The molecule has 0 spiro atoms. The van der Waals surface area contributed by atoms with Crippen molar-refractivity contribution in [2.45, 2.75) is 6.18 Å². The van der Waals surface area contributed by atoms with Crippen LogP contribution in [0.15, 0.2) is 67.0 Å². The average molecular weight is 381 g/mol. The number of nitrogens with one attached hydrogen (secondary N) is 1. The molecule has 0 saturated carbocycles. The van der Waals surface area contributed by atoms with E-state index in [1.807, 2.05) is 24.3 Å². The fraction of sp³-hybridized carbons (Fsp3) is 0.0500. The summed E-state index contributed by atoms with van der Waals surface area (Å²) in [7, 11) is 0. The van der Waals surface area contributed by atoms with Gasteiger partial charge in [-0.25, -0.2) is 15.0 Å². The zero-order chi connectivity index (χ0) is 19.7. The molecule has 0 atom stereocenters. The van der Waals surface area contributed by atoms with Crippen LogP contribution in [0.5, 0.6) is 0 Å². The Morgan fingerprint density at radius 3 is 2.43 bits per heavy atom. The molecule has 0 unspecified atom stereocenters. The van der Waals surface area contributed by atoms with Crippen LogP contribution in [0.4, 0.5) is 30.5 Å². The van der Waals surface area contributed by atoms with Crippen molar-refractivity contribution in [1.29, 1.82) is 0 Å². The van der Waals surface area contributed by atoms with Gasteiger partial charge < -0.3 is 11.1 Å².